The van der Waals surface area contributed by atoms with Gasteiger partial charge in [0, 0.05) is 6.54 Å². The first-order chi connectivity index (χ1) is 12.7. The summed E-state index contributed by atoms with van der Waals surface area (Å²) < 4.78 is 18.5. The lowest BCUT2D eigenvalue weighted by Gasteiger charge is -2.06. The van der Waals surface area contributed by atoms with Crippen LogP contribution in [-0.2, 0) is 6.54 Å². The van der Waals surface area contributed by atoms with Gasteiger partial charge in [-0.1, -0.05) is 23.4 Å². The third kappa shape index (κ3) is 3.49. The van der Waals surface area contributed by atoms with Gasteiger partial charge >= 0.3 is 0 Å². The van der Waals surface area contributed by atoms with Crippen LogP contribution in [0.2, 0.25) is 0 Å². The second-order valence-electron chi connectivity index (χ2n) is 5.22. The average Bonchev–Trinajstić information content (AvgIpc) is 3.31. The van der Waals surface area contributed by atoms with E-state index >= 15 is 0 Å². The van der Waals surface area contributed by atoms with Crippen molar-refractivity contribution in [2.24, 2.45) is 0 Å². The molecule has 0 saturated heterocycles. The topological polar surface area (TPSA) is 116 Å². The van der Waals surface area contributed by atoms with Crippen molar-refractivity contribution in [1.29, 1.82) is 0 Å². The predicted octanol–water partition coefficient (Wildman–Crippen LogP) is 2.98. The molecule has 0 aliphatic heterocycles. The molecule has 3 heterocycles. The van der Waals surface area contributed by atoms with Crippen LogP contribution in [0.1, 0.15) is 5.56 Å². The Morgan fingerprint density at radius 3 is 2.81 bits per heavy atom. The third-order valence-electron chi connectivity index (χ3n) is 3.35. The van der Waals surface area contributed by atoms with Crippen LogP contribution in [-0.4, -0.2) is 25.1 Å². The largest absolute Gasteiger partial charge is 0.368 e. The van der Waals surface area contributed by atoms with Gasteiger partial charge in [0.1, 0.15) is 5.82 Å². The summed E-state index contributed by atoms with van der Waals surface area (Å²) in [6.07, 6.45) is 0. The summed E-state index contributed by atoms with van der Waals surface area (Å²) in [4.78, 5) is 17.4. The molecule has 3 N–H and O–H groups in total. The molecule has 4 rings (SSSR count). The summed E-state index contributed by atoms with van der Waals surface area (Å²) in [6.45, 7) is 0.327. The number of hydrogen-bond donors (Lipinski definition) is 2. The fourth-order valence-corrected chi connectivity index (χ4v) is 2.86. The van der Waals surface area contributed by atoms with Crippen molar-refractivity contribution in [1.82, 2.24) is 25.1 Å². The Bertz CT molecular complexity index is 1030. The average molecular weight is 369 g/mol. The van der Waals surface area contributed by atoms with Crippen molar-refractivity contribution in [3.8, 4) is 22.4 Å². The molecule has 130 valence electrons. The molecule has 3 aromatic heterocycles. The smallest absolute Gasteiger partial charge is 0.268 e. The van der Waals surface area contributed by atoms with E-state index < -0.39 is 0 Å². The molecule has 0 fully saturated rings. The maximum atomic E-state index is 13.2. The van der Waals surface area contributed by atoms with Gasteiger partial charge in [0.05, 0.1) is 4.88 Å². The molecule has 0 aliphatic carbocycles. The van der Waals surface area contributed by atoms with Crippen LogP contribution in [0.25, 0.3) is 22.4 Å². The Labute approximate surface area is 151 Å². The summed E-state index contributed by atoms with van der Waals surface area (Å²) >= 11 is 1.48. The number of nitrogens with one attached hydrogen (secondary N) is 1. The lowest BCUT2D eigenvalue weighted by atomic mass is 10.2. The van der Waals surface area contributed by atoms with Gasteiger partial charge in [-0.2, -0.15) is 19.9 Å². The van der Waals surface area contributed by atoms with Crippen LogP contribution in [0.5, 0.6) is 0 Å². The fraction of sp³-hybridized carbons (Fsp3) is 0.0625. The second kappa shape index (κ2) is 6.84. The molecule has 10 heteroatoms. The molecule has 1 aromatic carbocycles. The minimum absolute atomic E-state index is 0.0132. The normalized spacial score (nSPS) is 10.8. The molecular weight excluding hydrogens is 357 g/mol. The second-order valence-corrected chi connectivity index (χ2v) is 6.17. The van der Waals surface area contributed by atoms with Gasteiger partial charge in [0.25, 0.3) is 5.89 Å². The van der Waals surface area contributed by atoms with Crippen molar-refractivity contribution >= 4 is 23.2 Å². The van der Waals surface area contributed by atoms with Crippen molar-refractivity contribution in [2.75, 3.05) is 11.1 Å². The van der Waals surface area contributed by atoms with E-state index in [0.717, 1.165) is 10.4 Å². The molecule has 4 aromatic rings. The van der Waals surface area contributed by atoms with E-state index in [9.17, 15) is 4.39 Å². The molecular formula is C16H12FN7OS. The Morgan fingerprint density at radius 1 is 1.08 bits per heavy atom. The molecule has 0 spiro atoms. The number of benzene rings is 1. The zero-order chi connectivity index (χ0) is 17.9. The lowest BCUT2D eigenvalue weighted by Crippen LogP contribution is -2.08. The monoisotopic (exact) mass is 369 g/mol. The molecule has 0 atom stereocenters. The van der Waals surface area contributed by atoms with Crippen molar-refractivity contribution in [3.05, 3.63) is 53.2 Å². The summed E-state index contributed by atoms with van der Waals surface area (Å²) in [5.74, 6) is 0.705. The first kappa shape index (κ1) is 16.1. The first-order valence-corrected chi connectivity index (χ1v) is 8.43. The summed E-state index contributed by atoms with van der Waals surface area (Å²) in [6, 6.07) is 9.98. The Kier molecular flexibility index (Phi) is 4.23. The van der Waals surface area contributed by atoms with Gasteiger partial charge in [-0.15, -0.1) is 11.3 Å². The number of halogens is 1. The predicted molar refractivity (Wildman–Crippen MR) is 94.6 cm³/mol. The van der Waals surface area contributed by atoms with Gasteiger partial charge in [0.15, 0.2) is 0 Å². The maximum Gasteiger partial charge on any atom is 0.268 e. The zero-order valence-corrected chi connectivity index (χ0v) is 14.1. The third-order valence-corrected chi connectivity index (χ3v) is 4.21. The maximum absolute atomic E-state index is 13.2. The lowest BCUT2D eigenvalue weighted by molar-refractivity contribution is 0.433. The van der Waals surface area contributed by atoms with Gasteiger partial charge in [-0.25, -0.2) is 4.39 Å². The SMILES string of the molecule is Nc1nc(NCc2cccc(F)c2)nc(-c2noc(-c3cccs3)n2)n1. The van der Waals surface area contributed by atoms with Crippen molar-refractivity contribution < 1.29 is 8.91 Å². The zero-order valence-electron chi connectivity index (χ0n) is 13.3. The van der Waals surface area contributed by atoms with E-state index in [1.165, 1.54) is 23.5 Å². The highest BCUT2D eigenvalue weighted by Crippen LogP contribution is 2.25. The van der Waals surface area contributed by atoms with E-state index in [4.69, 9.17) is 10.3 Å². The molecule has 0 saturated carbocycles. The van der Waals surface area contributed by atoms with Gasteiger partial charge in [-0.05, 0) is 29.1 Å². The fourth-order valence-electron chi connectivity index (χ4n) is 2.21. The van der Waals surface area contributed by atoms with Crippen LogP contribution in [0, 0.1) is 5.82 Å². The van der Waals surface area contributed by atoms with Crippen LogP contribution in [0.15, 0.2) is 46.3 Å². The van der Waals surface area contributed by atoms with Gasteiger partial charge < -0.3 is 15.6 Å². The van der Waals surface area contributed by atoms with Gasteiger partial charge in [-0.3, -0.25) is 0 Å². The van der Waals surface area contributed by atoms with E-state index in [2.05, 4.69) is 30.4 Å². The number of nitrogens with two attached hydrogens (primary N) is 1. The molecule has 8 nitrogen and oxygen atoms in total. The molecule has 0 bridgehead atoms. The number of thiophene rings is 1. The highest BCUT2D eigenvalue weighted by atomic mass is 32.1. The first-order valence-electron chi connectivity index (χ1n) is 7.55. The highest BCUT2D eigenvalue weighted by molar-refractivity contribution is 7.13. The Hall–Kier alpha value is -3.40. The summed E-state index contributed by atoms with van der Waals surface area (Å²) in [5.41, 5.74) is 6.49. The van der Waals surface area contributed by atoms with Crippen molar-refractivity contribution in [2.45, 2.75) is 6.54 Å². The Morgan fingerprint density at radius 2 is 2.00 bits per heavy atom. The molecule has 0 amide bonds. The van der Waals surface area contributed by atoms with Gasteiger partial charge in [0.2, 0.25) is 23.5 Å². The minimum Gasteiger partial charge on any atom is -0.368 e. The number of anilines is 2. The highest BCUT2D eigenvalue weighted by Gasteiger charge is 2.15. The molecule has 0 aliphatic rings. The standard InChI is InChI=1S/C16H12FN7OS/c17-10-4-1-3-9(7-10)8-19-16-22-12(21-15(18)23-16)13-20-14(25-24-13)11-5-2-6-26-11/h1-7H,8H2,(H3,18,19,21,22,23). The molecule has 0 radical (unpaired) electrons. The number of rotatable bonds is 5. The Balaban J connectivity index is 1.56. The molecule has 26 heavy (non-hydrogen) atoms. The quantitative estimate of drug-likeness (QED) is 0.551. The van der Waals surface area contributed by atoms with E-state index in [-0.39, 0.29) is 29.4 Å². The summed E-state index contributed by atoms with van der Waals surface area (Å²) in [7, 11) is 0. The van der Waals surface area contributed by atoms with Crippen LogP contribution in [0.3, 0.4) is 0 Å². The summed E-state index contributed by atoms with van der Waals surface area (Å²) in [5, 5.41) is 8.78. The molecule has 0 unspecified atom stereocenters. The van der Waals surface area contributed by atoms with Crippen LogP contribution < -0.4 is 11.1 Å². The number of nitrogens with zero attached hydrogens (tertiary/aromatic N) is 5. The van der Waals surface area contributed by atoms with Crippen LogP contribution >= 0.6 is 11.3 Å². The number of aromatic nitrogens is 5. The number of hydrogen-bond acceptors (Lipinski definition) is 9. The van der Waals surface area contributed by atoms with E-state index in [0.29, 0.717) is 12.4 Å². The van der Waals surface area contributed by atoms with E-state index in [1.54, 1.807) is 12.1 Å². The van der Waals surface area contributed by atoms with E-state index in [1.807, 2.05) is 17.5 Å². The van der Waals surface area contributed by atoms with Crippen molar-refractivity contribution in [3.63, 3.8) is 0 Å². The number of nitrogen functional groups attached to an aromatic ring is 1. The van der Waals surface area contributed by atoms with Crippen LogP contribution in [0.4, 0.5) is 16.3 Å². The minimum atomic E-state index is -0.312.